The third-order valence-corrected chi connectivity index (χ3v) is 2.56. The molecule has 0 bridgehead atoms. The molecule has 3 N–H and O–H groups in total. The number of rotatable bonds is 6. The van der Waals surface area contributed by atoms with Crippen LogP contribution < -0.4 is 5.32 Å². The summed E-state index contributed by atoms with van der Waals surface area (Å²) in [6, 6.07) is 0.276. The van der Waals surface area contributed by atoms with E-state index in [9.17, 15) is 4.79 Å². The molecule has 0 spiro atoms. The van der Waals surface area contributed by atoms with E-state index in [1.807, 2.05) is 20.8 Å². The average molecular weight is 292 g/mol. The summed E-state index contributed by atoms with van der Waals surface area (Å²) >= 11 is 3.31. The van der Waals surface area contributed by atoms with E-state index in [2.05, 4.69) is 21.2 Å². The van der Waals surface area contributed by atoms with Crippen molar-refractivity contribution in [1.29, 1.82) is 0 Å². The molecule has 0 radical (unpaired) electrons. The van der Waals surface area contributed by atoms with E-state index >= 15 is 0 Å². The van der Waals surface area contributed by atoms with Crippen molar-refractivity contribution in [2.75, 3.05) is 6.61 Å². The first-order valence-electron chi connectivity index (χ1n) is 5.12. The van der Waals surface area contributed by atoms with Crippen LogP contribution in [0.2, 0.25) is 0 Å². The van der Waals surface area contributed by atoms with Gasteiger partial charge in [-0.05, 0) is 42.3 Å². The molecule has 0 aromatic rings. The Morgan fingerprint density at radius 3 is 2.38 bits per heavy atom. The number of hydrogen-bond donors (Lipinski definition) is 3. The molecule has 0 aliphatic heterocycles. The summed E-state index contributed by atoms with van der Waals surface area (Å²) in [4.78, 5) is 10.7. The highest BCUT2D eigenvalue weighted by molar-refractivity contribution is 9.11. The summed E-state index contributed by atoms with van der Waals surface area (Å²) < 4.78 is 0.662. The maximum atomic E-state index is 10.7. The molecule has 0 rings (SSSR count). The van der Waals surface area contributed by atoms with Crippen molar-refractivity contribution < 1.29 is 15.0 Å². The fourth-order valence-electron chi connectivity index (χ4n) is 1.10. The third-order valence-electron chi connectivity index (χ3n) is 1.85. The molecule has 0 aromatic heterocycles. The fourth-order valence-corrected chi connectivity index (χ4v) is 1.77. The second-order valence-corrected chi connectivity index (χ2v) is 4.47. The maximum absolute atomic E-state index is 10.7. The number of carbonyl (C=O) groups is 1. The summed E-state index contributed by atoms with van der Waals surface area (Å²) in [6.45, 7) is 5.50. The second-order valence-electron chi connectivity index (χ2n) is 3.61. The normalized spacial score (nSPS) is 13.8. The first kappa shape index (κ1) is 15.2. The van der Waals surface area contributed by atoms with E-state index in [0.29, 0.717) is 4.48 Å². The average Bonchev–Trinajstić information content (AvgIpc) is 2.21. The van der Waals surface area contributed by atoms with Crippen molar-refractivity contribution in [2.24, 2.45) is 0 Å². The van der Waals surface area contributed by atoms with Crippen molar-refractivity contribution in [3.63, 3.8) is 0 Å². The number of carboxylic acids is 1. The number of allylic oxidation sites excluding steroid dienone is 3. The fraction of sp³-hybridized carbons (Fsp3) is 0.545. The van der Waals surface area contributed by atoms with Gasteiger partial charge in [-0.25, -0.2) is 4.79 Å². The lowest BCUT2D eigenvalue weighted by Crippen LogP contribution is -2.22. The summed E-state index contributed by atoms with van der Waals surface area (Å²) in [7, 11) is 0. The molecular weight excluding hydrogens is 274 g/mol. The minimum absolute atomic E-state index is 0.0385. The van der Waals surface area contributed by atoms with Crippen LogP contribution in [0.3, 0.4) is 0 Å². The highest BCUT2D eigenvalue weighted by atomic mass is 79.9. The number of halogens is 1. The summed E-state index contributed by atoms with van der Waals surface area (Å²) in [5.41, 5.74) is 0.880. The minimum Gasteiger partial charge on any atom is -0.478 e. The molecule has 0 amide bonds. The molecule has 0 aliphatic carbocycles. The number of nitrogens with one attached hydrogen (secondary N) is 1. The van der Waals surface area contributed by atoms with Gasteiger partial charge in [0, 0.05) is 16.2 Å². The smallest absolute Gasteiger partial charge is 0.333 e. The minimum atomic E-state index is -1.11. The first-order chi connectivity index (χ1) is 7.42. The molecule has 4 nitrogen and oxygen atoms in total. The van der Waals surface area contributed by atoms with Crippen molar-refractivity contribution in [1.82, 2.24) is 5.32 Å². The van der Waals surface area contributed by atoms with E-state index in [0.717, 1.165) is 12.1 Å². The lowest BCUT2D eigenvalue weighted by atomic mass is 10.2. The molecule has 0 heterocycles. The zero-order valence-corrected chi connectivity index (χ0v) is 11.3. The molecular formula is C11H18BrNO3. The van der Waals surface area contributed by atoms with Gasteiger partial charge in [0.25, 0.3) is 0 Å². The molecule has 0 saturated heterocycles. The highest BCUT2D eigenvalue weighted by Gasteiger charge is 2.08. The first-order valence-corrected chi connectivity index (χ1v) is 5.91. The van der Waals surface area contributed by atoms with Crippen LogP contribution in [0.1, 0.15) is 27.2 Å². The summed E-state index contributed by atoms with van der Waals surface area (Å²) in [6.07, 6.45) is 2.18. The van der Waals surface area contributed by atoms with Gasteiger partial charge >= 0.3 is 5.97 Å². The quantitative estimate of drug-likeness (QED) is 0.517. The van der Waals surface area contributed by atoms with Gasteiger partial charge in [0.1, 0.15) is 0 Å². The van der Waals surface area contributed by atoms with Gasteiger partial charge in [0.15, 0.2) is 0 Å². The number of carboxylic acid groups (broad SMARTS) is 1. The molecule has 0 fully saturated rings. The molecule has 16 heavy (non-hydrogen) atoms. The Labute approximate surface area is 104 Å². The van der Waals surface area contributed by atoms with Crippen LogP contribution in [0.5, 0.6) is 0 Å². The third kappa shape index (κ3) is 5.32. The molecule has 92 valence electrons. The zero-order chi connectivity index (χ0) is 12.7. The van der Waals surface area contributed by atoms with Crippen molar-refractivity contribution in [3.8, 4) is 0 Å². The second kappa shape index (κ2) is 7.46. The van der Waals surface area contributed by atoms with Crippen LogP contribution in [0.15, 0.2) is 21.8 Å². The van der Waals surface area contributed by atoms with E-state index in [4.69, 9.17) is 10.2 Å². The van der Waals surface area contributed by atoms with Crippen molar-refractivity contribution in [3.05, 3.63) is 21.8 Å². The van der Waals surface area contributed by atoms with Crippen LogP contribution >= 0.6 is 15.9 Å². The number of aliphatic carboxylic acids is 1. The van der Waals surface area contributed by atoms with Crippen LogP contribution in [-0.2, 0) is 4.79 Å². The Kier molecular flexibility index (Phi) is 7.08. The van der Waals surface area contributed by atoms with E-state index in [1.165, 1.54) is 6.08 Å². The van der Waals surface area contributed by atoms with E-state index in [1.54, 1.807) is 0 Å². The molecule has 5 heteroatoms. The lowest BCUT2D eigenvalue weighted by molar-refractivity contribution is -0.133. The van der Waals surface area contributed by atoms with Gasteiger partial charge in [0.05, 0.1) is 12.2 Å². The predicted molar refractivity (Wildman–Crippen MR) is 67.3 cm³/mol. The highest BCUT2D eigenvalue weighted by Crippen LogP contribution is 2.17. The standard InChI is InChI=1S/C11H18BrNO3/c1-4-10(13-7(2)3)9(12)5-8(6-14)11(15)16/h5,7,13-14H,4,6H2,1-3H3,(H,15,16)/b8-5+,10-9-. The van der Waals surface area contributed by atoms with Gasteiger partial charge in [-0.1, -0.05) is 6.92 Å². The monoisotopic (exact) mass is 291 g/mol. The Morgan fingerprint density at radius 2 is 2.06 bits per heavy atom. The predicted octanol–water partition coefficient (Wildman–Crippen LogP) is 2.00. The van der Waals surface area contributed by atoms with E-state index in [-0.39, 0.29) is 11.6 Å². The van der Waals surface area contributed by atoms with Crippen LogP contribution in [-0.4, -0.2) is 28.8 Å². The molecule has 0 atom stereocenters. The topological polar surface area (TPSA) is 69.6 Å². The van der Waals surface area contributed by atoms with Crippen molar-refractivity contribution in [2.45, 2.75) is 33.2 Å². The van der Waals surface area contributed by atoms with Crippen LogP contribution in [0.4, 0.5) is 0 Å². The SMILES string of the molecule is CC/C(NC(C)C)=C(Br)\C=C(/CO)C(=O)O. The number of hydrogen-bond acceptors (Lipinski definition) is 3. The Bertz CT molecular complexity index is 308. The maximum Gasteiger partial charge on any atom is 0.333 e. The lowest BCUT2D eigenvalue weighted by Gasteiger charge is -2.14. The Balaban J connectivity index is 5.02. The van der Waals surface area contributed by atoms with Crippen molar-refractivity contribution >= 4 is 21.9 Å². The molecule has 0 aromatic carbocycles. The van der Waals surface area contributed by atoms with Crippen LogP contribution in [0, 0.1) is 0 Å². The van der Waals surface area contributed by atoms with Crippen LogP contribution in [0.25, 0.3) is 0 Å². The Morgan fingerprint density at radius 1 is 1.50 bits per heavy atom. The van der Waals surface area contributed by atoms with Gasteiger partial charge in [-0.15, -0.1) is 0 Å². The molecule has 0 unspecified atom stereocenters. The van der Waals surface area contributed by atoms with Gasteiger partial charge in [-0.3, -0.25) is 0 Å². The summed E-state index contributed by atoms with van der Waals surface area (Å²) in [5.74, 6) is -1.11. The molecule has 0 aliphatic rings. The van der Waals surface area contributed by atoms with Gasteiger partial charge in [-0.2, -0.15) is 0 Å². The number of aliphatic hydroxyl groups excluding tert-OH is 1. The number of aliphatic hydroxyl groups is 1. The zero-order valence-electron chi connectivity index (χ0n) is 9.75. The van der Waals surface area contributed by atoms with Gasteiger partial charge < -0.3 is 15.5 Å². The summed E-state index contributed by atoms with van der Waals surface area (Å²) in [5, 5.41) is 20.8. The Hall–Kier alpha value is -0.810. The molecule has 0 saturated carbocycles. The van der Waals surface area contributed by atoms with Gasteiger partial charge in [0.2, 0.25) is 0 Å². The largest absolute Gasteiger partial charge is 0.478 e. The van der Waals surface area contributed by atoms with E-state index < -0.39 is 12.6 Å².